The maximum absolute atomic E-state index is 5.60. The lowest BCUT2D eigenvalue weighted by molar-refractivity contribution is 0.143. The van der Waals surface area contributed by atoms with Gasteiger partial charge in [-0.25, -0.2) is 0 Å². The van der Waals surface area contributed by atoms with Gasteiger partial charge in [-0.2, -0.15) is 0 Å². The van der Waals surface area contributed by atoms with Gasteiger partial charge in [-0.15, -0.1) is 0 Å². The summed E-state index contributed by atoms with van der Waals surface area (Å²) < 4.78 is 5.31. The summed E-state index contributed by atoms with van der Waals surface area (Å²) in [5.41, 5.74) is 6.88. The predicted octanol–water partition coefficient (Wildman–Crippen LogP) is 0.985. The topological polar surface area (TPSA) is 47.6 Å². The van der Waals surface area contributed by atoms with E-state index in [0.717, 1.165) is 6.42 Å². The molecule has 0 amide bonds. The number of nitrogens with two attached hydrogens (primary N) is 1. The molecule has 2 rings (SSSR count). The van der Waals surface area contributed by atoms with Gasteiger partial charge in [-0.3, -0.25) is 4.99 Å². The van der Waals surface area contributed by atoms with Gasteiger partial charge < -0.3 is 10.5 Å². The van der Waals surface area contributed by atoms with Gasteiger partial charge in [-0.05, 0) is 12.0 Å². The number of aliphatic imine (C=N–C) groups is 1. The van der Waals surface area contributed by atoms with Crippen LogP contribution < -0.4 is 5.73 Å². The fourth-order valence-electron chi connectivity index (χ4n) is 1.60. The monoisotopic (exact) mass is 190 g/mol. The molecule has 0 aliphatic carbocycles. The number of rotatable bonds is 2. The molecule has 74 valence electrons. The van der Waals surface area contributed by atoms with E-state index >= 15 is 0 Å². The SMILES string of the molecule is NC1=NC(Cc2ccccc2)COC1. The summed E-state index contributed by atoms with van der Waals surface area (Å²) in [4.78, 5) is 4.35. The van der Waals surface area contributed by atoms with Gasteiger partial charge >= 0.3 is 0 Å². The molecule has 0 radical (unpaired) electrons. The molecule has 0 bridgehead atoms. The van der Waals surface area contributed by atoms with Gasteiger partial charge in [-0.1, -0.05) is 30.3 Å². The second-order valence-electron chi connectivity index (χ2n) is 3.48. The molecule has 1 heterocycles. The quantitative estimate of drug-likeness (QED) is 0.755. The van der Waals surface area contributed by atoms with Crippen LogP contribution in [0, 0.1) is 0 Å². The predicted molar refractivity (Wildman–Crippen MR) is 56.4 cm³/mol. The van der Waals surface area contributed by atoms with Gasteiger partial charge in [0.15, 0.2) is 0 Å². The lowest BCUT2D eigenvalue weighted by atomic mass is 10.1. The standard InChI is InChI=1S/C11H14N2O/c12-11-8-14-7-10(13-11)6-9-4-2-1-3-5-9/h1-5,10H,6-8H2,(H2,12,13). The van der Waals surface area contributed by atoms with Crippen molar-refractivity contribution < 1.29 is 4.74 Å². The first kappa shape index (κ1) is 9.21. The summed E-state index contributed by atoms with van der Waals surface area (Å²) in [5, 5.41) is 0. The van der Waals surface area contributed by atoms with Crippen LogP contribution in [0.3, 0.4) is 0 Å². The van der Waals surface area contributed by atoms with E-state index in [-0.39, 0.29) is 6.04 Å². The van der Waals surface area contributed by atoms with Crippen LogP contribution in [-0.2, 0) is 11.2 Å². The third-order valence-electron chi connectivity index (χ3n) is 2.22. The number of ether oxygens (including phenoxy) is 1. The van der Waals surface area contributed by atoms with E-state index in [0.29, 0.717) is 19.0 Å². The molecule has 1 aromatic carbocycles. The Morgan fingerprint density at radius 2 is 2.14 bits per heavy atom. The lowest BCUT2D eigenvalue weighted by Gasteiger charge is -2.18. The van der Waals surface area contributed by atoms with E-state index in [1.807, 2.05) is 18.2 Å². The van der Waals surface area contributed by atoms with Gasteiger partial charge in [0.05, 0.1) is 12.6 Å². The van der Waals surface area contributed by atoms with Crippen LogP contribution in [0.2, 0.25) is 0 Å². The molecule has 0 saturated carbocycles. The Labute approximate surface area is 83.6 Å². The fourth-order valence-corrected chi connectivity index (χ4v) is 1.60. The number of hydrogen-bond donors (Lipinski definition) is 1. The Bertz CT molecular complexity index is 321. The normalized spacial score (nSPS) is 21.7. The van der Waals surface area contributed by atoms with Crippen molar-refractivity contribution in [2.75, 3.05) is 13.2 Å². The van der Waals surface area contributed by atoms with Crippen LogP contribution >= 0.6 is 0 Å². The molecular formula is C11H14N2O. The van der Waals surface area contributed by atoms with Crippen molar-refractivity contribution in [2.45, 2.75) is 12.5 Å². The van der Waals surface area contributed by atoms with E-state index in [1.54, 1.807) is 0 Å². The van der Waals surface area contributed by atoms with Crippen LogP contribution in [0.5, 0.6) is 0 Å². The van der Waals surface area contributed by atoms with Crippen molar-refractivity contribution in [1.82, 2.24) is 0 Å². The highest BCUT2D eigenvalue weighted by Crippen LogP contribution is 2.08. The Morgan fingerprint density at radius 1 is 1.36 bits per heavy atom. The molecule has 0 fully saturated rings. The maximum atomic E-state index is 5.60. The smallest absolute Gasteiger partial charge is 0.120 e. The van der Waals surface area contributed by atoms with Gasteiger partial charge in [0.2, 0.25) is 0 Å². The van der Waals surface area contributed by atoms with Crippen LogP contribution in [0.1, 0.15) is 5.56 Å². The van der Waals surface area contributed by atoms with Crippen LogP contribution in [0.15, 0.2) is 35.3 Å². The molecule has 0 aromatic heterocycles. The fraction of sp³-hybridized carbons (Fsp3) is 0.364. The minimum absolute atomic E-state index is 0.186. The third kappa shape index (κ3) is 2.33. The molecule has 1 unspecified atom stereocenters. The highest BCUT2D eigenvalue weighted by molar-refractivity contribution is 5.82. The zero-order valence-electron chi connectivity index (χ0n) is 8.02. The summed E-state index contributed by atoms with van der Waals surface area (Å²) in [6.07, 6.45) is 0.904. The van der Waals surface area contributed by atoms with E-state index in [4.69, 9.17) is 10.5 Å². The average Bonchev–Trinajstić information content (AvgIpc) is 2.19. The molecule has 1 aliphatic rings. The zero-order chi connectivity index (χ0) is 9.80. The van der Waals surface area contributed by atoms with Gasteiger partial charge in [0, 0.05) is 0 Å². The molecule has 0 saturated heterocycles. The maximum Gasteiger partial charge on any atom is 0.120 e. The van der Waals surface area contributed by atoms with Crippen LogP contribution in [0.4, 0.5) is 0 Å². The molecule has 0 spiro atoms. The summed E-state index contributed by atoms with van der Waals surface area (Å²) in [7, 11) is 0. The summed E-state index contributed by atoms with van der Waals surface area (Å²) in [6.45, 7) is 1.15. The minimum atomic E-state index is 0.186. The van der Waals surface area contributed by atoms with E-state index < -0.39 is 0 Å². The second-order valence-corrected chi connectivity index (χ2v) is 3.48. The number of amidine groups is 1. The van der Waals surface area contributed by atoms with Crippen molar-refractivity contribution in [3.05, 3.63) is 35.9 Å². The van der Waals surface area contributed by atoms with Crippen molar-refractivity contribution in [1.29, 1.82) is 0 Å². The Morgan fingerprint density at radius 3 is 2.86 bits per heavy atom. The summed E-state index contributed by atoms with van der Waals surface area (Å²) in [6, 6.07) is 10.5. The van der Waals surface area contributed by atoms with Crippen molar-refractivity contribution in [3.63, 3.8) is 0 Å². The van der Waals surface area contributed by atoms with Crippen molar-refractivity contribution >= 4 is 5.84 Å². The van der Waals surface area contributed by atoms with Crippen molar-refractivity contribution in [2.24, 2.45) is 10.7 Å². The first-order chi connectivity index (χ1) is 6.84. The van der Waals surface area contributed by atoms with Gasteiger partial charge in [0.1, 0.15) is 12.4 Å². The highest BCUT2D eigenvalue weighted by atomic mass is 16.5. The van der Waals surface area contributed by atoms with Crippen molar-refractivity contribution in [3.8, 4) is 0 Å². The Balaban J connectivity index is 2.01. The molecule has 1 aliphatic heterocycles. The largest absolute Gasteiger partial charge is 0.386 e. The zero-order valence-corrected chi connectivity index (χ0v) is 8.02. The molecule has 14 heavy (non-hydrogen) atoms. The Kier molecular flexibility index (Phi) is 2.79. The minimum Gasteiger partial charge on any atom is -0.386 e. The Hall–Kier alpha value is -1.35. The third-order valence-corrected chi connectivity index (χ3v) is 2.22. The molecule has 1 atom stereocenters. The van der Waals surface area contributed by atoms with Crippen LogP contribution in [-0.4, -0.2) is 25.1 Å². The number of benzene rings is 1. The number of nitrogens with zero attached hydrogens (tertiary/aromatic N) is 1. The van der Waals surface area contributed by atoms with E-state index in [1.165, 1.54) is 5.56 Å². The van der Waals surface area contributed by atoms with E-state index in [2.05, 4.69) is 17.1 Å². The summed E-state index contributed by atoms with van der Waals surface area (Å²) >= 11 is 0. The van der Waals surface area contributed by atoms with E-state index in [9.17, 15) is 0 Å². The molecule has 1 aromatic rings. The first-order valence-corrected chi connectivity index (χ1v) is 4.78. The van der Waals surface area contributed by atoms with Crippen LogP contribution in [0.25, 0.3) is 0 Å². The first-order valence-electron chi connectivity index (χ1n) is 4.78. The lowest BCUT2D eigenvalue weighted by Crippen LogP contribution is -2.32. The molecular weight excluding hydrogens is 176 g/mol. The summed E-state index contributed by atoms with van der Waals surface area (Å²) in [5.74, 6) is 0.609. The average molecular weight is 190 g/mol. The number of hydrogen-bond acceptors (Lipinski definition) is 3. The molecule has 3 nitrogen and oxygen atoms in total. The highest BCUT2D eigenvalue weighted by Gasteiger charge is 2.13. The molecule has 2 N–H and O–H groups in total. The second kappa shape index (κ2) is 4.24. The molecule has 3 heteroatoms. The van der Waals surface area contributed by atoms with Gasteiger partial charge in [0.25, 0.3) is 0 Å².